The summed E-state index contributed by atoms with van der Waals surface area (Å²) in [6.07, 6.45) is 6.76. The zero-order valence-corrected chi connectivity index (χ0v) is 12.1. The molecule has 1 rings (SSSR count). The van der Waals surface area contributed by atoms with E-state index in [1.165, 1.54) is 0 Å². The summed E-state index contributed by atoms with van der Waals surface area (Å²) < 4.78 is 5.09. The lowest BCUT2D eigenvalue weighted by atomic mass is 9.98. The van der Waals surface area contributed by atoms with Gasteiger partial charge in [-0.3, -0.25) is 0 Å². The van der Waals surface area contributed by atoms with Crippen molar-refractivity contribution in [3.05, 3.63) is 12.7 Å². The van der Waals surface area contributed by atoms with Crippen molar-refractivity contribution in [2.75, 3.05) is 6.61 Å². The van der Waals surface area contributed by atoms with E-state index in [0.717, 1.165) is 38.5 Å². The number of amides is 1. The van der Waals surface area contributed by atoms with Crippen LogP contribution < -0.4 is 5.32 Å². The maximum Gasteiger partial charge on any atom is 0.407 e. The maximum atomic E-state index is 11.7. The van der Waals surface area contributed by atoms with E-state index in [0.29, 0.717) is 6.61 Å². The highest BCUT2D eigenvalue weighted by atomic mass is 16.5. The van der Waals surface area contributed by atoms with Gasteiger partial charge in [-0.15, -0.1) is 6.58 Å². The van der Waals surface area contributed by atoms with Crippen LogP contribution in [0.1, 0.15) is 45.4 Å². The number of carbonyl (C=O) groups excluding carboxylic acids is 1. The van der Waals surface area contributed by atoms with Gasteiger partial charge in [0.05, 0.1) is 6.61 Å². The molecule has 0 bridgehead atoms. The molecule has 5 nitrogen and oxygen atoms in total. The molecule has 5 heteroatoms. The van der Waals surface area contributed by atoms with Gasteiger partial charge in [0.15, 0.2) is 0 Å². The number of hydrogen-bond donors (Lipinski definition) is 2. The number of rotatable bonds is 8. The van der Waals surface area contributed by atoms with Gasteiger partial charge in [0.2, 0.25) is 0 Å². The summed E-state index contributed by atoms with van der Waals surface area (Å²) in [6.45, 7) is 5.94. The molecule has 1 fully saturated rings. The fraction of sp³-hybridized carbons (Fsp3) is 0.733. The molecular formula is C15H25NO4. The van der Waals surface area contributed by atoms with Crippen LogP contribution in [-0.4, -0.2) is 29.8 Å². The molecule has 0 saturated heterocycles. The van der Waals surface area contributed by atoms with Crippen LogP contribution in [0.4, 0.5) is 4.79 Å². The predicted octanol–water partition coefficient (Wildman–Crippen LogP) is 2.96. The molecule has 1 amide bonds. The fourth-order valence-corrected chi connectivity index (χ4v) is 2.54. The second-order valence-corrected chi connectivity index (χ2v) is 5.57. The molecule has 0 radical (unpaired) electrons. The Morgan fingerprint density at radius 3 is 2.65 bits per heavy atom. The highest BCUT2D eigenvalue weighted by molar-refractivity contribution is 5.80. The lowest BCUT2D eigenvalue weighted by Crippen LogP contribution is -2.45. The Kier molecular flexibility index (Phi) is 7.12. The smallest absolute Gasteiger partial charge is 0.407 e. The number of carboxylic acids is 1. The molecule has 0 aliphatic heterocycles. The number of hydrogen-bond acceptors (Lipinski definition) is 3. The van der Waals surface area contributed by atoms with Crippen LogP contribution >= 0.6 is 0 Å². The van der Waals surface area contributed by atoms with Gasteiger partial charge in [-0.1, -0.05) is 25.8 Å². The van der Waals surface area contributed by atoms with Gasteiger partial charge in [-0.05, 0) is 37.5 Å². The maximum absolute atomic E-state index is 11.7. The Morgan fingerprint density at radius 2 is 2.10 bits per heavy atom. The third kappa shape index (κ3) is 5.63. The Hall–Kier alpha value is -1.52. The number of aliphatic carboxylic acids is 1. The molecule has 1 saturated carbocycles. The molecule has 20 heavy (non-hydrogen) atoms. The molecule has 114 valence electrons. The Bertz CT molecular complexity index is 337. The number of ether oxygens (including phenoxy) is 1. The van der Waals surface area contributed by atoms with Crippen LogP contribution in [0.25, 0.3) is 0 Å². The van der Waals surface area contributed by atoms with Crippen LogP contribution in [-0.2, 0) is 9.53 Å². The molecule has 0 aromatic heterocycles. The molecular weight excluding hydrogens is 258 g/mol. The molecule has 2 atom stereocenters. The summed E-state index contributed by atoms with van der Waals surface area (Å²) in [4.78, 5) is 22.9. The average molecular weight is 283 g/mol. The first-order valence-electron chi connectivity index (χ1n) is 7.31. The molecule has 2 N–H and O–H groups in total. The number of alkyl carbamates (subject to hydrolysis) is 1. The summed E-state index contributed by atoms with van der Waals surface area (Å²) in [5.74, 6) is -0.708. The molecule has 0 aromatic rings. The monoisotopic (exact) mass is 283 g/mol. The molecule has 0 aromatic carbocycles. The number of allylic oxidation sites excluding steroid dienone is 1. The van der Waals surface area contributed by atoms with Crippen molar-refractivity contribution in [1.82, 2.24) is 5.32 Å². The summed E-state index contributed by atoms with van der Waals surface area (Å²) in [5.41, 5.74) is 0. The normalized spacial score (nSPS) is 18.2. The molecule has 0 unspecified atom stereocenters. The predicted molar refractivity (Wildman–Crippen MR) is 76.5 cm³/mol. The van der Waals surface area contributed by atoms with Gasteiger partial charge < -0.3 is 15.2 Å². The number of carboxylic acid groups (broad SMARTS) is 1. The minimum absolute atomic E-state index is 0.0261. The first kappa shape index (κ1) is 16.5. The van der Waals surface area contributed by atoms with Crippen molar-refractivity contribution in [2.24, 2.45) is 11.8 Å². The van der Waals surface area contributed by atoms with E-state index < -0.39 is 18.1 Å². The quantitative estimate of drug-likeness (QED) is 0.671. The fourth-order valence-electron chi connectivity index (χ4n) is 2.54. The lowest BCUT2D eigenvalue weighted by molar-refractivity contribution is -0.140. The number of carbonyl (C=O) groups is 2. The minimum atomic E-state index is -0.978. The van der Waals surface area contributed by atoms with Crippen LogP contribution in [0.15, 0.2) is 12.7 Å². The summed E-state index contributed by atoms with van der Waals surface area (Å²) in [5, 5.41) is 11.7. The second-order valence-electron chi connectivity index (χ2n) is 5.57. The minimum Gasteiger partial charge on any atom is -0.480 e. The zero-order chi connectivity index (χ0) is 15.0. The summed E-state index contributed by atoms with van der Waals surface area (Å²) in [7, 11) is 0. The third-order valence-corrected chi connectivity index (χ3v) is 3.77. The van der Waals surface area contributed by atoms with E-state index >= 15 is 0 Å². The SMILES string of the molecule is C=CCC[C@H](C)COC(=O)N[C@@H](C(=O)O)C1CCCC1. The highest BCUT2D eigenvalue weighted by Crippen LogP contribution is 2.27. The molecule has 0 heterocycles. The van der Waals surface area contributed by atoms with Crippen molar-refractivity contribution in [3.63, 3.8) is 0 Å². The summed E-state index contributed by atoms with van der Waals surface area (Å²) in [6, 6.07) is -0.825. The van der Waals surface area contributed by atoms with E-state index in [2.05, 4.69) is 11.9 Å². The van der Waals surface area contributed by atoms with Gasteiger partial charge >= 0.3 is 12.1 Å². The Balaban J connectivity index is 2.34. The van der Waals surface area contributed by atoms with Crippen LogP contribution in [0, 0.1) is 11.8 Å². The Morgan fingerprint density at radius 1 is 1.45 bits per heavy atom. The zero-order valence-electron chi connectivity index (χ0n) is 12.1. The Labute approximate surface area is 120 Å². The largest absolute Gasteiger partial charge is 0.480 e. The lowest BCUT2D eigenvalue weighted by Gasteiger charge is -2.20. The van der Waals surface area contributed by atoms with Gasteiger partial charge in [0.25, 0.3) is 0 Å². The van der Waals surface area contributed by atoms with Crippen molar-refractivity contribution < 1.29 is 19.4 Å². The van der Waals surface area contributed by atoms with Crippen LogP contribution in [0.2, 0.25) is 0 Å². The molecule has 1 aliphatic rings. The van der Waals surface area contributed by atoms with Crippen molar-refractivity contribution in [3.8, 4) is 0 Å². The third-order valence-electron chi connectivity index (χ3n) is 3.77. The first-order chi connectivity index (χ1) is 9.54. The van der Waals surface area contributed by atoms with E-state index in [1.807, 2.05) is 13.0 Å². The number of nitrogens with one attached hydrogen (secondary N) is 1. The molecule has 0 spiro atoms. The highest BCUT2D eigenvalue weighted by Gasteiger charge is 2.32. The van der Waals surface area contributed by atoms with Crippen molar-refractivity contribution in [2.45, 2.75) is 51.5 Å². The van der Waals surface area contributed by atoms with Gasteiger partial charge in [0, 0.05) is 0 Å². The standard InChI is InChI=1S/C15H25NO4/c1-3-4-7-11(2)10-20-15(19)16-13(14(17)18)12-8-5-6-9-12/h3,11-13H,1,4-10H2,2H3,(H,16,19)(H,17,18)/t11-,13+/m0/s1. The van der Waals surface area contributed by atoms with Crippen LogP contribution in [0.5, 0.6) is 0 Å². The second kappa shape index (κ2) is 8.61. The first-order valence-corrected chi connectivity index (χ1v) is 7.31. The van der Waals surface area contributed by atoms with Gasteiger partial charge in [-0.25, -0.2) is 9.59 Å². The summed E-state index contributed by atoms with van der Waals surface area (Å²) >= 11 is 0. The van der Waals surface area contributed by atoms with Gasteiger partial charge in [0.1, 0.15) is 6.04 Å². The van der Waals surface area contributed by atoms with Crippen molar-refractivity contribution in [1.29, 1.82) is 0 Å². The average Bonchev–Trinajstić information content (AvgIpc) is 2.93. The van der Waals surface area contributed by atoms with Crippen LogP contribution in [0.3, 0.4) is 0 Å². The van der Waals surface area contributed by atoms with E-state index in [1.54, 1.807) is 0 Å². The topological polar surface area (TPSA) is 75.6 Å². The van der Waals surface area contributed by atoms with E-state index in [-0.39, 0.29) is 11.8 Å². The van der Waals surface area contributed by atoms with Crippen molar-refractivity contribution >= 4 is 12.1 Å². The molecule has 1 aliphatic carbocycles. The van der Waals surface area contributed by atoms with E-state index in [9.17, 15) is 14.7 Å². The van der Waals surface area contributed by atoms with Gasteiger partial charge in [-0.2, -0.15) is 0 Å². The van der Waals surface area contributed by atoms with E-state index in [4.69, 9.17) is 4.74 Å².